The zero-order chi connectivity index (χ0) is 13.8. The van der Waals surface area contributed by atoms with Crippen LogP contribution in [0.25, 0.3) is 11.3 Å². The van der Waals surface area contributed by atoms with Crippen LogP contribution < -0.4 is 0 Å². The van der Waals surface area contributed by atoms with E-state index in [1.165, 1.54) is 0 Å². The summed E-state index contributed by atoms with van der Waals surface area (Å²) in [6, 6.07) is 10.0. The minimum Gasteiger partial charge on any atom is -0.439 e. The second-order valence-corrected chi connectivity index (χ2v) is 5.41. The number of nitrogens with zero attached hydrogens (tertiary/aromatic N) is 2. The maximum atomic E-state index is 9.26. The first-order chi connectivity index (χ1) is 9.85. The normalized spacial score (nSPS) is 20.1. The van der Waals surface area contributed by atoms with Gasteiger partial charge in [0.1, 0.15) is 0 Å². The van der Waals surface area contributed by atoms with Crippen LogP contribution in [0.15, 0.2) is 40.9 Å². The molecule has 1 aromatic carbocycles. The molecule has 1 aliphatic rings. The van der Waals surface area contributed by atoms with Gasteiger partial charge in [0.15, 0.2) is 5.76 Å². The molecule has 0 aliphatic carbocycles. The van der Waals surface area contributed by atoms with Gasteiger partial charge in [-0.3, -0.25) is 4.90 Å². The highest BCUT2D eigenvalue weighted by molar-refractivity contribution is 5.55. The molecule has 4 nitrogen and oxygen atoms in total. The highest BCUT2D eigenvalue weighted by Crippen LogP contribution is 2.22. The Hall–Kier alpha value is -1.65. The molecule has 1 unspecified atom stereocenters. The molecule has 2 heterocycles. The SMILES string of the molecule is OCC1CCCN(Cc2ncc(-c3ccccc3)o2)C1. The number of aliphatic hydroxyl groups is 1. The van der Waals surface area contributed by atoms with Crippen molar-refractivity contribution in [2.45, 2.75) is 19.4 Å². The molecule has 1 aliphatic heterocycles. The molecule has 2 aromatic rings. The maximum absolute atomic E-state index is 9.26. The lowest BCUT2D eigenvalue weighted by Crippen LogP contribution is -2.36. The van der Waals surface area contributed by atoms with Crippen LogP contribution in [0, 0.1) is 5.92 Å². The summed E-state index contributed by atoms with van der Waals surface area (Å²) in [7, 11) is 0. The number of hydrogen-bond acceptors (Lipinski definition) is 4. The summed E-state index contributed by atoms with van der Waals surface area (Å²) in [5.74, 6) is 1.96. The molecule has 1 aromatic heterocycles. The van der Waals surface area contributed by atoms with Gasteiger partial charge in [0, 0.05) is 18.7 Å². The van der Waals surface area contributed by atoms with E-state index in [1.807, 2.05) is 30.3 Å². The van der Waals surface area contributed by atoms with Gasteiger partial charge in [-0.25, -0.2) is 4.98 Å². The minimum absolute atomic E-state index is 0.275. The molecule has 106 valence electrons. The van der Waals surface area contributed by atoms with E-state index in [0.29, 0.717) is 5.92 Å². The molecule has 0 amide bonds. The van der Waals surface area contributed by atoms with Crippen LogP contribution in [0.5, 0.6) is 0 Å². The third kappa shape index (κ3) is 3.08. The lowest BCUT2D eigenvalue weighted by atomic mass is 9.99. The Morgan fingerprint density at radius 2 is 2.15 bits per heavy atom. The van der Waals surface area contributed by atoms with Crippen molar-refractivity contribution in [3.63, 3.8) is 0 Å². The first-order valence-corrected chi connectivity index (χ1v) is 7.18. The number of likely N-dealkylation sites (tertiary alicyclic amines) is 1. The average molecular weight is 272 g/mol. The highest BCUT2D eigenvalue weighted by atomic mass is 16.4. The average Bonchev–Trinajstić information content (AvgIpc) is 2.97. The van der Waals surface area contributed by atoms with Gasteiger partial charge >= 0.3 is 0 Å². The van der Waals surface area contributed by atoms with Crippen LogP contribution in [-0.4, -0.2) is 34.7 Å². The lowest BCUT2D eigenvalue weighted by molar-refractivity contribution is 0.109. The van der Waals surface area contributed by atoms with E-state index in [9.17, 15) is 5.11 Å². The molecule has 20 heavy (non-hydrogen) atoms. The number of oxazole rings is 1. The molecule has 1 saturated heterocycles. The van der Waals surface area contributed by atoms with E-state index < -0.39 is 0 Å². The summed E-state index contributed by atoms with van der Waals surface area (Å²) in [6.07, 6.45) is 4.05. The monoisotopic (exact) mass is 272 g/mol. The number of piperidine rings is 1. The van der Waals surface area contributed by atoms with Gasteiger partial charge in [0.2, 0.25) is 5.89 Å². The molecular formula is C16H20N2O2. The Balaban J connectivity index is 1.65. The number of aliphatic hydroxyl groups excluding tert-OH is 1. The minimum atomic E-state index is 0.275. The van der Waals surface area contributed by atoms with Crippen molar-refractivity contribution in [3.05, 3.63) is 42.4 Å². The zero-order valence-corrected chi connectivity index (χ0v) is 11.5. The zero-order valence-electron chi connectivity index (χ0n) is 11.5. The van der Waals surface area contributed by atoms with Crippen LogP contribution in [0.4, 0.5) is 0 Å². The van der Waals surface area contributed by atoms with E-state index in [2.05, 4.69) is 9.88 Å². The molecular weight excluding hydrogens is 252 g/mol. The van der Waals surface area contributed by atoms with E-state index >= 15 is 0 Å². The van der Waals surface area contributed by atoms with Crippen molar-refractivity contribution in [1.82, 2.24) is 9.88 Å². The van der Waals surface area contributed by atoms with Crippen molar-refractivity contribution < 1.29 is 9.52 Å². The molecule has 3 rings (SSSR count). The van der Waals surface area contributed by atoms with Crippen LogP contribution in [0.3, 0.4) is 0 Å². The summed E-state index contributed by atoms with van der Waals surface area (Å²) >= 11 is 0. The van der Waals surface area contributed by atoms with Crippen molar-refractivity contribution in [1.29, 1.82) is 0 Å². The summed E-state index contributed by atoms with van der Waals surface area (Å²) in [5.41, 5.74) is 1.05. The van der Waals surface area contributed by atoms with Crippen molar-refractivity contribution in [2.24, 2.45) is 5.92 Å². The smallest absolute Gasteiger partial charge is 0.209 e. The summed E-state index contributed by atoms with van der Waals surface area (Å²) in [6.45, 7) is 2.99. The molecule has 0 saturated carbocycles. The number of benzene rings is 1. The molecule has 1 atom stereocenters. The van der Waals surface area contributed by atoms with Gasteiger partial charge in [-0.15, -0.1) is 0 Å². The first-order valence-electron chi connectivity index (χ1n) is 7.18. The van der Waals surface area contributed by atoms with E-state index in [1.54, 1.807) is 6.20 Å². The van der Waals surface area contributed by atoms with Gasteiger partial charge in [0.25, 0.3) is 0 Å². The molecule has 0 spiro atoms. The second kappa shape index (κ2) is 6.20. The predicted molar refractivity (Wildman–Crippen MR) is 77.0 cm³/mol. The Kier molecular flexibility index (Phi) is 4.14. The fourth-order valence-corrected chi connectivity index (χ4v) is 2.75. The van der Waals surface area contributed by atoms with Crippen LogP contribution in [-0.2, 0) is 6.54 Å². The number of hydrogen-bond donors (Lipinski definition) is 1. The third-order valence-electron chi connectivity index (χ3n) is 3.83. The summed E-state index contributed by atoms with van der Waals surface area (Å²) in [5, 5.41) is 9.26. The topological polar surface area (TPSA) is 49.5 Å². The molecule has 1 N–H and O–H groups in total. The lowest BCUT2D eigenvalue weighted by Gasteiger charge is -2.30. The van der Waals surface area contributed by atoms with Gasteiger partial charge in [0.05, 0.1) is 12.7 Å². The van der Waals surface area contributed by atoms with Gasteiger partial charge in [-0.1, -0.05) is 30.3 Å². The Labute approximate surface area is 119 Å². The Bertz CT molecular complexity index is 538. The van der Waals surface area contributed by atoms with Gasteiger partial charge < -0.3 is 9.52 Å². The van der Waals surface area contributed by atoms with E-state index in [0.717, 1.165) is 49.7 Å². The summed E-state index contributed by atoms with van der Waals surface area (Å²) < 4.78 is 5.83. The Morgan fingerprint density at radius 1 is 1.30 bits per heavy atom. The molecule has 1 fully saturated rings. The predicted octanol–water partition coefficient (Wildman–Crippen LogP) is 2.55. The second-order valence-electron chi connectivity index (χ2n) is 5.41. The summed E-state index contributed by atoms with van der Waals surface area (Å²) in [4.78, 5) is 6.68. The number of rotatable bonds is 4. The first kappa shape index (κ1) is 13.3. The van der Waals surface area contributed by atoms with Crippen molar-refractivity contribution in [2.75, 3.05) is 19.7 Å². The Morgan fingerprint density at radius 3 is 2.95 bits per heavy atom. The number of aromatic nitrogens is 1. The van der Waals surface area contributed by atoms with E-state index in [4.69, 9.17) is 4.42 Å². The maximum Gasteiger partial charge on any atom is 0.209 e. The third-order valence-corrected chi connectivity index (χ3v) is 3.83. The molecule has 0 radical (unpaired) electrons. The fourth-order valence-electron chi connectivity index (χ4n) is 2.75. The standard InChI is InChI=1S/C16H20N2O2/c19-12-13-5-4-8-18(10-13)11-16-17-9-15(20-16)14-6-2-1-3-7-14/h1-3,6-7,9,13,19H,4-5,8,10-12H2. The van der Waals surface area contributed by atoms with E-state index in [-0.39, 0.29) is 6.61 Å². The quantitative estimate of drug-likeness (QED) is 0.929. The highest BCUT2D eigenvalue weighted by Gasteiger charge is 2.20. The fraction of sp³-hybridized carbons (Fsp3) is 0.438. The largest absolute Gasteiger partial charge is 0.439 e. The van der Waals surface area contributed by atoms with Crippen molar-refractivity contribution >= 4 is 0 Å². The van der Waals surface area contributed by atoms with Gasteiger partial charge in [-0.05, 0) is 25.3 Å². The van der Waals surface area contributed by atoms with Crippen LogP contribution in [0.1, 0.15) is 18.7 Å². The molecule has 4 heteroatoms. The van der Waals surface area contributed by atoms with Crippen LogP contribution in [0.2, 0.25) is 0 Å². The van der Waals surface area contributed by atoms with Crippen LogP contribution >= 0.6 is 0 Å². The molecule has 0 bridgehead atoms. The van der Waals surface area contributed by atoms with Crippen molar-refractivity contribution in [3.8, 4) is 11.3 Å². The van der Waals surface area contributed by atoms with Gasteiger partial charge in [-0.2, -0.15) is 0 Å².